The first kappa shape index (κ1) is 10.2. The van der Waals surface area contributed by atoms with Crippen LogP contribution >= 0.6 is 11.3 Å². The van der Waals surface area contributed by atoms with E-state index in [1.54, 1.807) is 15.9 Å². The first-order valence-electron chi connectivity index (χ1n) is 5.25. The second kappa shape index (κ2) is 4.14. The summed E-state index contributed by atoms with van der Waals surface area (Å²) in [7, 11) is 0. The molecule has 3 aromatic heterocycles. The number of nitrogens with one attached hydrogen (secondary N) is 1. The van der Waals surface area contributed by atoms with Gasteiger partial charge >= 0.3 is 0 Å². The zero-order valence-corrected chi connectivity index (χ0v) is 10.1. The van der Waals surface area contributed by atoms with Crippen LogP contribution in [-0.4, -0.2) is 19.6 Å². The second-order valence-electron chi connectivity index (χ2n) is 3.74. The average Bonchev–Trinajstić information content (AvgIpc) is 2.95. The highest BCUT2D eigenvalue weighted by Gasteiger charge is 2.04. The van der Waals surface area contributed by atoms with E-state index in [0.717, 1.165) is 18.1 Å². The Balaban J connectivity index is 1.91. The maximum atomic E-state index is 4.29. The first-order valence-corrected chi connectivity index (χ1v) is 6.19. The Morgan fingerprint density at radius 1 is 1.47 bits per heavy atom. The SMILES string of the molecule is Cc1cc(NCc2ccsc2)n2ncnc2n1. The lowest BCUT2D eigenvalue weighted by Crippen LogP contribution is -2.06. The van der Waals surface area contributed by atoms with Crippen LogP contribution in [0.25, 0.3) is 5.78 Å². The third-order valence-electron chi connectivity index (χ3n) is 2.43. The normalized spacial score (nSPS) is 10.9. The van der Waals surface area contributed by atoms with Crippen LogP contribution in [0.5, 0.6) is 0 Å². The van der Waals surface area contributed by atoms with E-state index in [1.807, 2.05) is 13.0 Å². The molecule has 0 spiro atoms. The van der Waals surface area contributed by atoms with Gasteiger partial charge in [-0.25, -0.2) is 4.98 Å². The lowest BCUT2D eigenvalue weighted by molar-refractivity contribution is 0.917. The number of rotatable bonds is 3. The van der Waals surface area contributed by atoms with E-state index in [4.69, 9.17) is 0 Å². The summed E-state index contributed by atoms with van der Waals surface area (Å²) < 4.78 is 1.71. The van der Waals surface area contributed by atoms with Crippen LogP contribution in [0.1, 0.15) is 11.3 Å². The lowest BCUT2D eigenvalue weighted by Gasteiger charge is -2.07. The van der Waals surface area contributed by atoms with E-state index < -0.39 is 0 Å². The largest absolute Gasteiger partial charge is 0.366 e. The zero-order chi connectivity index (χ0) is 11.7. The molecule has 86 valence electrons. The molecule has 0 bridgehead atoms. The van der Waals surface area contributed by atoms with Crippen LogP contribution in [0.15, 0.2) is 29.2 Å². The number of hydrogen-bond donors (Lipinski definition) is 1. The van der Waals surface area contributed by atoms with Gasteiger partial charge < -0.3 is 5.32 Å². The molecule has 0 amide bonds. The minimum atomic E-state index is 0.623. The molecule has 0 radical (unpaired) electrons. The molecular weight excluding hydrogens is 234 g/mol. The molecular formula is C11H11N5S. The number of thiophene rings is 1. The van der Waals surface area contributed by atoms with Crippen molar-refractivity contribution in [3.63, 3.8) is 0 Å². The summed E-state index contributed by atoms with van der Waals surface area (Å²) >= 11 is 1.70. The summed E-state index contributed by atoms with van der Waals surface area (Å²) in [4.78, 5) is 8.38. The molecule has 0 aliphatic rings. The fraction of sp³-hybridized carbons (Fsp3) is 0.182. The van der Waals surface area contributed by atoms with Gasteiger partial charge in [-0.3, -0.25) is 0 Å². The van der Waals surface area contributed by atoms with Crippen molar-refractivity contribution in [2.45, 2.75) is 13.5 Å². The van der Waals surface area contributed by atoms with Crippen molar-refractivity contribution in [2.75, 3.05) is 5.32 Å². The number of aryl methyl sites for hydroxylation is 1. The highest BCUT2D eigenvalue weighted by molar-refractivity contribution is 7.07. The topological polar surface area (TPSA) is 55.1 Å². The summed E-state index contributed by atoms with van der Waals surface area (Å²) in [6, 6.07) is 4.07. The minimum absolute atomic E-state index is 0.623. The number of fused-ring (bicyclic) bond motifs is 1. The quantitative estimate of drug-likeness (QED) is 0.767. The summed E-state index contributed by atoms with van der Waals surface area (Å²) in [6.07, 6.45) is 1.51. The van der Waals surface area contributed by atoms with E-state index in [2.05, 4.69) is 37.2 Å². The van der Waals surface area contributed by atoms with Crippen LogP contribution in [0.4, 0.5) is 5.82 Å². The molecule has 0 saturated carbocycles. The molecule has 0 fully saturated rings. The Kier molecular flexibility index (Phi) is 2.49. The summed E-state index contributed by atoms with van der Waals surface area (Å²) in [6.45, 7) is 2.73. The summed E-state index contributed by atoms with van der Waals surface area (Å²) in [5, 5.41) is 11.7. The van der Waals surface area contributed by atoms with Gasteiger partial charge in [-0.05, 0) is 29.3 Å². The first-order chi connectivity index (χ1) is 8.33. The molecule has 3 rings (SSSR count). The van der Waals surface area contributed by atoms with Gasteiger partial charge in [-0.15, -0.1) is 0 Å². The predicted octanol–water partition coefficient (Wildman–Crippen LogP) is 2.11. The minimum Gasteiger partial charge on any atom is -0.366 e. The van der Waals surface area contributed by atoms with Crippen molar-refractivity contribution < 1.29 is 0 Å². The van der Waals surface area contributed by atoms with Crippen LogP contribution in [-0.2, 0) is 6.54 Å². The van der Waals surface area contributed by atoms with Gasteiger partial charge in [0.15, 0.2) is 0 Å². The van der Waals surface area contributed by atoms with Crippen LogP contribution in [0.2, 0.25) is 0 Å². The van der Waals surface area contributed by atoms with Crippen LogP contribution < -0.4 is 5.32 Å². The molecule has 1 N–H and O–H groups in total. The Hall–Kier alpha value is -1.95. The van der Waals surface area contributed by atoms with E-state index in [9.17, 15) is 0 Å². The zero-order valence-electron chi connectivity index (χ0n) is 9.29. The highest BCUT2D eigenvalue weighted by Crippen LogP contribution is 2.13. The van der Waals surface area contributed by atoms with Crippen molar-refractivity contribution in [3.05, 3.63) is 40.5 Å². The third-order valence-corrected chi connectivity index (χ3v) is 3.17. The molecule has 3 heterocycles. The summed E-state index contributed by atoms with van der Waals surface area (Å²) in [5.74, 6) is 1.54. The average molecular weight is 245 g/mol. The van der Waals surface area contributed by atoms with Crippen molar-refractivity contribution in [2.24, 2.45) is 0 Å². The molecule has 17 heavy (non-hydrogen) atoms. The molecule has 5 nitrogen and oxygen atoms in total. The number of hydrogen-bond acceptors (Lipinski definition) is 5. The van der Waals surface area contributed by atoms with Gasteiger partial charge in [0, 0.05) is 18.3 Å². The fourth-order valence-corrected chi connectivity index (χ4v) is 2.31. The van der Waals surface area contributed by atoms with Crippen molar-refractivity contribution >= 4 is 22.9 Å². The number of nitrogens with zero attached hydrogens (tertiary/aromatic N) is 4. The van der Waals surface area contributed by atoms with Gasteiger partial charge in [-0.1, -0.05) is 0 Å². The summed E-state index contributed by atoms with van der Waals surface area (Å²) in [5.41, 5.74) is 2.19. The standard InChI is InChI=1S/C11H11N5S/c1-8-4-10(12-5-9-2-3-17-6-9)16-11(15-8)13-7-14-16/h2-4,6-7,12H,5H2,1H3. The molecule has 0 aliphatic carbocycles. The van der Waals surface area contributed by atoms with Gasteiger partial charge in [0.05, 0.1) is 0 Å². The molecule has 0 aliphatic heterocycles. The monoisotopic (exact) mass is 245 g/mol. The smallest absolute Gasteiger partial charge is 0.254 e. The number of aromatic nitrogens is 4. The highest BCUT2D eigenvalue weighted by atomic mass is 32.1. The van der Waals surface area contributed by atoms with E-state index in [-0.39, 0.29) is 0 Å². The fourth-order valence-electron chi connectivity index (χ4n) is 1.64. The van der Waals surface area contributed by atoms with Crippen LogP contribution in [0.3, 0.4) is 0 Å². The third kappa shape index (κ3) is 1.99. The number of anilines is 1. The molecule has 0 unspecified atom stereocenters. The van der Waals surface area contributed by atoms with Crippen LogP contribution in [0, 0.1) is 6.92 Å². The molecule has 0 atom stereocenters. The molecule has 0 aromatic carbocycles. The molecule has 0 saturated heterocycles. The van der Waals surface area contributed by atoms with E-state index >= 15 is 0 Å². The maximum absolute atomic E-state index is 4.29. The van der Waals surface area contributed by atoms with Gasteiger partial charge in [0.25, 0.3) is 5.78 Å². The lowest BCUT2D eigenvalue weighted by atomic mass is 10.3. The Morgan fingerprint density at radius 3 is 3.24 bits per heavy atom. The van der Waals surface area contributed by atoms with Crippen molar-refractivity contribution in [1.29, 1.82) is 0 Å². The van der Waals surface area contributed by atoms with Gasteiger partial charge in [0.1, 0.15) is 12.1 Å². The van der Waals surface area contributed by atoms with Gasteiger partial charge in [0.2, 0.25) is 0 Å². The van der Waals surface area contributed by atoms with Crippen molar-refractivity contribution in [1.82, 2.24) is 19.6 Å². The second-order valence-corrected chi connectivity index (χ2v) is 4.52. The van der Waals surface area contributed by atoms with Crippen molar-refractivity contribution in [3.8, 4) is 0 Å². The molecule has 6 heteroatoms. The Labute approximate surface area is 102 Å². The predicted molar refractivity (Wildman–Crippen MR) is 67.2 cm³/mol. The Bertz CT molecular complexity index is 628. The van der Waals surface area contributed by atoms with E-state index in [1.165, 1.54) is 11.9 Å². The van der Waals surface area contributed by atoms with E-state index in [0.29, 0.717) is 5.78 Å². The maximum Gasteiger partial charge on any atom is 0.254 e. The Morgan fingerprint density at radius 2 is 2.41 bits per heavy atom. The molecule has 3 aromatic rings. The van der Waals surface area contributed by atoms with Gasteiger partial charge in [-0.2, -0.15) is 25.9 Å².